The first-order valence-corrected chi connectivity index (χ1v) is 18.1. The topological polar surface area (TPSA) is 24.9 Å². The van der Waals surface area contributed by atoms with Crippen LogP contribution < -0.4 is 19.3 Å². The highest BCUT2D eigenvalue weighted by molar-refractivity contribution is 5.62. The highest BCUT2D eigenvalue weighted by Gasteiger charge is 2.48. The van der Waals surface area contributed by atoms with E-state index in [1.165, 1.54) is 57.6 Å². The second kappa shape index (κ2) is 13.5. The number of benzene rings is 4. The third-order valence-electron chi connectivity index (χ3n) is 11.4. The van der Waals surface area contributed by atoms with Gasteiger partial charge in [0.2, 0.25) is 0 Å². The summed E-state index contributed by atoms with van der Waals surface area (Å²) in [7, 11) is 0. The number of allylic oxidation sites excluding steroid dienone is 2. The van der Waals surface area contributed by atoms with Crippen LogP contribution in [-0.4, -0.2) is 13.5 Å². The number of nitrogens with zero attached hydrogens (tertiary/aromatic N) is 2. The monoisotopic (exact) mass is 652 g/mol. The van der Waals surface area contributed by atoms with Crippen LogP contribution in [0.25, 0.3) is 0 Å². The van der Waals surface area contributed by atoms with E-state index in [1.807, 2.05) is 12.2 Å². The van der Waals surface area contributed by atoms with Crippen LogP contribution in [0.2, 0.25) is 0 Å². The highest BCUT2D eigenvalue weighted by atomic mass is 16.5. The first-order chi connectivity index (χ1) is 23.7. The molecule has 49 heavy (non-hydrogen) atoms. The molecule has 3 aliphatic rings. The summed E-state index contributed by atoms with van der Waals surface area (Å²) >= 11 is 0. The second-order valence-electron chi connectivity index (χ2n) is 15.6. The molecule has 2 unspecified atom stereocenters. The third-order valence-corrected chi connectivity index (χ3v) is 11.4. The molecule has 2 heterocycles. The molecule has 254 valence electrons. The van der Waals surface area contributed by atoms with E-state index in [9.17, 15) is 0 Å². The summed E-state index contributed by atoms with van der Waals surface area (Å²) in [6.45, 7) is 20.8. The van der Waals surface area contributed by atoms with E-state index >= 15 is 0 Å². The number of anilines is 2. The maximum absolute atomic E-state index is 6.77. The van der Waals surface area contributed by atoms with E-state index in [-0.39, 0.29) is 10.8 Å². The number of rotatable bonds is 9. The molecule has 4 aromatic carbocycles. The molecule has 0 radical (unpaired) electrons. The van der Waals surface area contributed by atoms with Crippen molar-refractivity contribution in [2.75, 3.05) is 23.3 Å². The molecular formula is C45H52N2O2. The van der Waals surface area contributed by atoms with Gasteiger partial charge < -0.3 is 19.3 Å². The summed E-state index contributed by atoms with van der Waals surface area (Å²) < 4.78 is 13.5. The lowest BCUT2D eigenvalue weighted by Gasteiger charge is -2.50. The summed E-state index contributed by atoms with van der Waals surface area (Å²) in [5.74, 6) is 3.14. The molecule has 1 aliphatic carbocycles. The molecular weight excluding hydrogens is 601 g/mol. The Morgan fingerprint density at radius 2 is 1.18 bits per heavy atom. The normalized spacial score (nSPS) is 20.0. The summed E-state index contributed by atoms with van der Waals surface area (Å²) in [5.41, 5.74) is 10.1. The van der Waals surface area contributed by atoms with Crippen LogP contribution in [0.5, 0.6) is 11.5 Å². The minimum atomic E-state index is -0.300. The summed E-state index contributed by atoms with van der Waals surface area (Å²) in [4.78, 5) is 4.75. The average molecular weight is 653 g/mol. The Balaban J connectivity index is 1.46. The van der Waals surface area contributed by atoms with Crippen LogP contribution in [0, 0.1) is 17.3 Å². The van der Waals surface area contributed by atoms with Crippen LogP contribution in [0.15, 0.2) is 110 Å². The van der Waals surface area contributed by atoms with Gasteiger partial charge in [0.1, 0.15) is 11.5 Å². The van der Waals surface area contributed by atoms with Crippen molar-refractivity contribution in [3.63, 3.8) is 0 Å². The molecule has 2 aliphatic heterocycles. The van der Waals surface area contributed by atoms with Gasteiger partial charge in [-0.05, 0) is 95.9 Å². The molecule has 0 N–H and O–H groups in total. The predicted octanol–water partition coefficient (Wildman–Crippen LogP) is 10.6. The predicted molar refractivity (Wildman–Crippen MR) is 204 cm³/mol. The SMILES string of the molecule is C=CCc1ccc(C(C)(c2ccc(CC=C)c3c2CN(c2ccccc2)CO3)C2CC(C)CC(C)(C)C2)c2c1OCN(c1ccccc1)C2. The van der Waals surface area contributed by atoms with E-state index in [0.29, 0.717) is 25.3 Å². The Morgan fingerprint density at radius 3 is 1.61 bits per heavy atom. The van der Waals surface area contributed by atoms with Gasteiger partial charge in [0.05, 0.1) is 13.1 Å². The van der Waals surface area contributed by atoms with Gasteiger partial charge >= 0.3 is 0 Å². The van der Waals surface area contributed by atoms with Crippen molar-refractivity contribution < 1.29 is 9.47 Å². The van der Waals surface area contributed by atoms with Crippen LogP contribution in [0.3, 0.4) is 0 Å². The molecule has 1 saturated carbocycles. The van der Waals surface area contributed by atoms with Crippen molar-refractivity contribution in [2.45, 2.75) is 78.3 Å². The molecule has 0 bridgehead atoms. The van der Waals surface area contributed by atoms with Crippen LogP contribution in [0.4, 0.5) is 11.4 Å². The molecule has 0 amide bonds. The van der Waals surface area contributed by atoms with Gasteiger partial charge in [0.25, 0.3) is 0 Å². The molecule has 4 aromatic rings. The number of ether oxygens (including phenoxy) is 2. The molecule has 1 fully saturated rings. The molecule has 0 saturated heterocycles. The maximum Gasteiger partial charge on any atom is 0.161 e. The molecule has 7 rings (SSSR count). The average Bonchev–Trinajstić information content (AvgIpc) is 3.11. The van der Waals surface area contributed by atoms with Crippen LogP contribution in [-0.2, 0) is 31.3 Å². The minimum Gasteiger partial charge on any atom is -0.472 e. The van der Waals surface area contributed by atoms with E-state index in [4.69, 9.17) is 9.47 Å². The molecule has 2 atom stereocenters. The quantitative estimate of drug-likeness (QED) is 0.168. The summed E-state index contributed by atoms with van der Waals surface area (Å²) in [6.07, 6.45) is 9.15. The lowest BCUT2D eigenvalue weighted by molar-refractivity contribution is 0.0950. The molecule has 4 heteroatoms. The zero-order valence-electron chi connectivity index (χ0n) is 29.9. The van der Waals surface area contributed by atoms with Gasteiger partial charge in [-0.3, -0.25) is 0 Å². The van der Waals surface area contributed by atoms with Gasteiger partial charge in [-0.25, -0.2) is 0 Å². The van der Waals surface area contributed by atoms with E-state index in [0.717, 1.165) is 43.9 Å². The third kappa shape index (κ3) is 6.27. The van der Waals surface area contributed by atoms with E-state index in [2.05, 4.69) is 136 Å². The fraction of sp³-hybridized carbons (Fsp3) is 0.378. The fourth-order valence-corrected chi connectivity index (χ4v) is 9.37. The first kappa shape index (κ1) is 33.1. The van der Waals surface area contributed by atoms with E-state index in [1.54, 1.807) is 0 Å². The number of fused-ring (bicyclic) bond motifs is 2. The van der Waals surface area contributed by atoms with Crippen molar-refractivity contribution in [1.82, 2.24) is 0 Å². The van der Waals surface area contributed by atoms with Crippen molar-refractivity contribution in [1.29, 1.82) is 0 Å². The summed E-state index contributed by atoms with van der Waals surface area (Å²) in [6, 6.07) is 30.9. The van der Waals surface area contributed by atoms with Gasteiger partial charge in [-0.2, -0.15) is 0 Å². The van der Waals surface area contributed by atoms with Gasteiger partial charge in [0, 0.05) is 27.9 Å². The van der Waals surface area contributed by atoms with Crippen molar-refractivity contribution in [3.8, 4) is 11.5 Å². The number of hydrogen-bond acceptors (Lipinski definition) is 4. The highest BCUT2D eigenvalue weighted by Crippen LogP contribution is 2.56. The molecule has 4 nitrogen and oxygen atoms in total. The van der Waals surface area contributed by atoms with Crippen molar-refractivity contribution in [3.05, 3.63) is 144 Å². The summed E-state index contributed by atoms with van der Waals surface area (Å²) in [5, 5.41) is 0. The smallest absolute Gasteiger partial charge is 0.161 e. The Kier molecular flexibility index (Phi) is 9.09. The Labute approximate surface area is 294 Å². The largest absolute Gasteiger partial charge is 0.472 e. The van der Waals surface area contributed by atoms with Gasteiger partial charge in [-0.1, -0.05) is 101 Å². The lowest BCUT2D eigenvalue weighted by atomic mass is 9.55. The Hall–Kier alpha value is -4.44. The van der Waals surface area contributed by atoms with Crippen molar-refractivity contribution in [2.24, 2.45) is 17.3 Å². The van der Waals surface area contributed by atoms with Crippen LogP contribution in [0.1, 0.15) is 80.3 Å². The number of para-hydroxylation sites is 2. The fourth-order valence-electron chi connectivity index (χ4n) is 9.37. The minimum absolute atomic E-state index is 0.244. The van der Waals surface area contributed by atoms with Crippen LogP contribution >= 0.6 is 0 Å². The lowest BCUT2D eigenvalue weighted by Crippen LogP contribution is -2.44. The zero-order chi connectivity index (χ0) is 34.2. The Bertz CT molecular complexity index is 1700. The maximum atomic E-state index is 6.77. The van der Waals surface area contributed by atoms with Gasteiger partial charge in [-0.15, -0.1) is 13.2 Å². The standard InChI is InChI=1S/C45H52N2O2/c1-7-15-33-21-23-40(38-28-46(30-48-42(33)38)36-17-11-9-12-18-36)45(6,35-25-32(3)26-44(4,5)27-35)41-24-22-34(16-8-2)43-39(41)29-47(31-49-43)37-19-13-10-14-20-37/h7-14,17-24,32,35H,1-2,15-16,25-31H2,3-6H3. The van der Waals surface area contributed by atoms with E-state index < -0.39 is 0 Å². The second-order valence-corrected chi connectivity index (χ2v) is 15.6. The Morgan fingerprint density at radius 1 is 0.714 bits per heavy atom. The molecule has 0 spiro atoms. The van der Waals surface area contributed by atoms with Gasteiger partial charge in [0.15, 0.2) is 13.5 Å². The zero-order valence-corrected chi connectivity index (χ0v) is 29.9. The van der Waals surface area contributed by atoms with Crippen molar-refractivity contribution >= 4 is 11.4 Å². The first-order valence-electron chi connectivity index (χ1n) is 18.1. The number of hydrogen-bond donors (Lipinski definition) is 0. The molecule has 0 aromatic heterocycles.